The van der Waals surface area contributed by atoms with E-state index in [2.05, 4.69) is 11.3 Å². The Morgan fingerprint density at radius 1 is 1.90 bits per heavy atom. The highest BCUT2D eigenvalue weighted by atomic mass is 16.6. The molecular formula is C7H10O3. The molecule has 1 rings (SSSR count). The van der Waals surface area contributed by atoms with Gasteiger partial charge in [0.1, 0.15) is 12.7 Å². The molecule has 1 aliphatic heterocycles. The Balaban J connectivity index is 2.53. The first-order valence-corrected chi connectivity index (χ1v) is 3.21. The molecule has 0 amide bonds. The number of aliphatic hydroxyl groups excluding tert-OH is 1. The van der Waals surface area contributed by atoms with Gasteiger partial charge < -0.3 is 9.84 Å². The van der Waals surface area contributed by atoms with E-state index in [1.807, 2.05) is 0 Å². The fourth-order valence-electron chi connectivity index (χ4n) is 0.981. The van der Waals surface area contributed by atoms with Gasteiger partial charge in [-0.25, -0.2) is 0 Å². The van der Waals surface area contributed by atoms with Crippen LogP contribution in [0.4, 0.5) is 0 Å². The van der Waals surface area contributed by atoms with Crippen molar-refractivity contribution >= 4 is 5.97 Å². The average molecular weight is 142 g/mol. The van der Waals surface area contributed by atoms with Crippen LogP contribution in [0.5, 0.6) is 0 Å². The Labute approximate surface area is 59.3 Å². The van der Waals surface area contributed by atoms with E-state index in [1.165, 1.54) is 0 Å². The van der Waals surface area contributed by atoms with Crippen LogP contribution >= 0.6 is 0 Å². The Morgan fingerprint density at radius 2 is 2.60 bits per heavy atom. The first-order valence-electron chi connectivity index (χ1n) is 3.21. The van der Waals surface area contributed by atoms with Gasteiger partial charge in [0, 0.05) is 0 Å². The summed E-state index contributed by atoms with van der Waals surface area (Å²) in [6.07, 6.45) is 1.48. The van der Waals surface area contributed by atoms with Crippen molar-refractivity contribution in [3.63, 3.8) is 0 Å². The maximum atomic E-state index is 10.7. The normalized spacial score (nSPS) is 31.9. The molecule has 56 valence electrons. The predicted molar refractivity (Wildman–Crippen MR) is 35.3 cm³/mol. The first kappa shape index (κ1) is 7.28. The lowest BCUT2D eigenvalue weighted by atomic mass is 10.0. The molecular weight excluding hydrogens is 132 g/mol. The molecule has 0 aromatic heterocycles. The van der Waals surface area contributed by atoms with Crippen molar-refractivity contribution in [2.45, 2.75) is 12.5 Å². The quantitative estimate of drug-likeness (QED) is 0.439. The molecule has 3 nitrogen and oxygen atoms in total. The van der Waals surface area contributed by atoms with Gasteiger partial charge in [0.15, 0.2) is 0 Å². The van der Waals surface area contributed by atoms with E-state index >= 15 is 0 Å². The Kier molecular flexibility index (Phi) is 2.06. The molecule has 0 radical (unpaired) electrons. The van der Waals surface area contributed by atoms with Crippen molar-refractivity contribution in [2.75, 3.05) is 6.61 Å². The smallest absolute Gasteiger partial charge is 0.312 e. The lowest BCUT2D eigenvalue weighted by Gasteiger charge is -2.04. The highest BCUT2D eigenvalue weighted by Gasteiger charge is 2.34. The summed E-state index contributed by atoms with van der Waals surface area (Å²) in [6.45, 7) is 3.61. The standard InChI is InChI=1S/C7H10O3/c1-2-3-5-6(8)4-10-7(5)9/h2,5-6,8H,1,3-4H2/t5-,6-/m1/s1. The number of hydrogen-bond acceptors (Lipinski definition) is 3. The van der Waals surface area contributed by atoms with E-state index in [1.54, 1.807) is 6.08 Å². The van der Waals surface area contributed by atoms with Crippen molar-refractivity contribution in [1.82, 2.24) is 0 Å². The third-order valence-electron chi connectivity index (χ3n) is 1.58. The summed E-state index contributed by atoms with van der Waals surface area (Å²) in [6, 6.07) is 0. The van der Waals surface area contributed by atoms with Crippen LogP contribution in [0.2, 0.25) is 0 Å². The molecule has 2 atom stereocenters. The lowest BCUT2D eigenvalue weighted by molar-refractivity contribution is -0.141. The molecule has 0 spiro atoms. The summed E-state index contributed by atoms with van der Waals surface area (Å²) in [5, 5.41) is 9.10. The lowest BCUT2D eigenvalue weighted by Crippen LogP contribution is -2.19. The zero-order valence-electron chi connectivity index (χ0n) is 5.62. The van der Waals surface area contributed by atoms with Crippen molar-refractivity contribution in [1.29, 1.82) is 0 Å². The minimum absolute atomic E-state index is 0.136. The Bertz CT molecular complexity index is 153. The minimum atomic E-state index is -0.634. The summed E-state index contributed by atoms with van der Waals surface area (Å²) in [7, 11) is 0. The minimum Gasteiger partial charge on any atom is -0.463 e. The number of esters is 1. The van der Waals surface area contributed by atoms with Crippen molar-refractivity contribution in [3.05, 3.63) is 12.7 Å². The fraction of sp³-hybridized carbons (Fsp3) is 0.571. The molecule has 1 fully saturated rings. The van der Waals surface area contributed by atoms with Crippen LogP contribution in [0.3, 0.4) is 0 Å². The van der Waals surface area contributed by atoms with Gasteiger partial charge in [-0.1, -0.05) is 6.08 Å². The fourth-order valence-corrected chi connectivity index (χ4v) is 0.981. The summed E-state index contributed by atoms with van der Waals surface area (Å²) in [5.41, 5.74) is 0. The Hall–Kier alpha value is -0.830. The highest BCUT2D eigenvalue weighted by molar-refractivity contribution is 5.75. The van der Waals surface area contributed by atoms with E-state index in [0.29, 0.717) is 6.42 Å². The van der Waals surface area contributed by atoms with Crippen LogP contribution < -0.4 is 0 Å². The van der Waals surface area contributed by atoms with Gasteiger partial charge in [0.2, 0.25) is 0 Å². The molecule has 0 aromatic rings. The number of ether oxygens (including phenoxy) is 1. The average Bonchev–Trinajstić information content (AvgIpc) is 2.20. The zero-order chi connectivity index (χ0) is 7.56. The molecule has 1 heterocycles. The number of cyclic esters (lactones) is 1. The molecule has 0 unspecified atom stereocenters. The van der Waals surface area contributed by atoms with E-state index in [4.69, 9.17) is 5.11 Å². The van der Waals surface area contributed by atoms with E-state index in [0.717, 1.165) is 0 Å². The third-order valence-corrected chi connectivity index (χ3v) is 1.58. The van der Waals surface area contributed by atoms with E-state index in [9.17, 15) is 4.79 Å². The van der Waals surface area contributed by atoms with Gasteiger partial charge in [-0.05, 0) is 6.42 Å². The van der Waals surface area contributed by atoms with Crippen molar-refractivity contribution in [3.8, 4) is 0 Å². The van der Waals surface area contributed by atoms with E-state index in [-0.39, 0.29) is 18.5 Å². The molecule has 0 bridgehead atoms. The molecule has 1 saturated heterocycles. The second-order valence-electron chi connectivity index (χ2n) is 2.33. The van der Waals surface area contributed by atoms with Gasteiger partial charge in [0.05, 0.1) is 5.92 Å². The zero-order valence-corrected chi connectivity index (χ0v) is 5.62. The maximum Gasteiger partial charge on any atom is 0.312 e. The van der Waals surface area contributed by atoms with E-state index < -0.39 is 6.10 Å². The van der Waals surface area contributed by atoms with Gasteiger partial charge in [-0.3, -0.25) is 4.79 Å². The molecule has 0 aliphatic carbocycles. The summed E-state index contributed by atoms with van der Waals surface area (Å²) >= 11 is 0. The van der Waals surface area contributed by atoms with Gasteiger partial charge in [-0.2, -0.15) is 0 Å². The monoisotopic (exact) mass is 142 g/mol. The predicted octanol–water partition coefficient (Wildman–Crippen LogP) is 0.0964. The summed E-state index contributed by atoms with van der Waals surface area (Å²) in [4.78, 5) is 10.7. The Morgan fingerprint density at radius 3 is 3.00 bits per heavy atom. The van der Waals surface area contributed by atoms with Crippen LogP contribution in [-0.2, 0) is 9.53 Å². The molecule has 0 aromatic carbocycles. The van der Waals surface area contributed by atoms with Crippen LogP contribution in [0.25, 0.3) is 0 Å². The SMILES string of the molecule is C=CC[C@H]1C(=O)OC[C@H]1O. The number of carbonyl (C=O) groups excluding carboxylic acids is 1. The first-order chi connectivity index (χ1) is 4.75. The molecule has 3 heteroatoms. The number of hydrogen-bond donors (Lipinski definition) is 1. The maximum absolute atomic E-state index is 10.7. The van der Waals surface area contributed by atoms with Crippen LogP contribution in [0, 0.1) is 5.92 Å². The van der Waals surface area contributed by atoms with Gasteiger partial charge >= 0.3 is 5.97 Å². The molecule has 10 heavy (non-hydrogen) atoms. The van der Waals surface area contributed by atoms with Gasteiger partial charge in [-0.15, -0.1) is 6.58 Å². The molecule has 1 N–H and O–H groups in total. The van der Waals surface area contributed by atoms with Gasteiger partial charge in [0.25, 0.3) is 0 Å². The largest absolute Gasteiger partial charge is 0.463 e. The summed E-state index contributed by atoms with van der Waals surface area (Å²) in [5.74, 6) is -0.690. The second-order valence-corrected chi connectivity index (χ2v) is 2.33. The number of allylic oxidation sites excluding steroid dienone is 1. The second kappa shape index (κ2) is 2.84. The van der Waals surface area contributed by atoms with Crippen molar-refractivity contribution in [2.24, 2.45) is 5.92 Å². The molecule has 1 aliphatic rings. The summed E-state index contributed by atoms with van der Waals surface area (Å²) < 4.78 is 4.59. The number of rotatable bonds is 2. The highest BCUT2D eigenvalue weighted by Crippen LogP contribution is 2.18. The van der Waals surface area contributed by atoms with Crippen LogP contribution in [0.1, 0.15) is 6.42 Å². The molecule has 0 saturated carbocycles. The van der Waals surface area contributed by atoms with Crippen LogP contribution in [-0.4, -0.2) is 23.8 Å². The van der Waals surface area contributed by atoms with Crippen LogP contribution in [0.15, 0.2) is 12.7 Å². The topological polar surface area (TPSA) is 46.5 Å². The van der Waals surface area contributed by atoms with Crippen molar-refractivity contribution < 1.29 is 14.6 Å². The number of aliphatic hydroxyl groups is 1. The number of carbonyl (C=O) groups is 1. The third kappa shape index (κ3) is 1.19.